The van der Waals surface area contributed by atoms with E-state index < -0.39 is 5.97 Å². The minimum atomic E-state index is -0.872. The second-order valence-corrected chi connectivity index (χ2v) is 2.17. The molecule has 0 aliphatic heterocycles. The fourth-order valence-corrected chi connectivity index (χ4v) is 0.778. The van der Waals surface area contributed by atoms with Crippen molar-refractivity contribution in [3.63, 3.8) is 0 Å². The Kier molecular flexibility index (Phi) is 4.26. The summed E-state index contributed by atoms with van der Waals surface area (Å²) in [5.41, 5.74) is 1.32. The number of aromatic carboxylic acids is 1. The fourth-order valence-electron chi connectivity index (χ4n) is 0.778. The molecule has 1 rings (SSSR count). The molecule has 0 aromatic heterocycles. The molecule has 0 unspecified atom stereocenters. The predicted octanol–water partition coefficient (Wildman–Crippen LogP) is 0.509. The van der Waals surface area contributed by atoms with Crippen molar-refractivity contribution in [2.45, 2.75) is 6.92 Å². The molecule has 0 saturated carbocycles. The second-order valence-electron chi connectivity index (χ2n) is 2.17. The van der Waals surface area contributed by atoms with E-state index in [1.807, 2.05) is 13.0 Å². The van der Waals surface area contributed by atoms with Crippen LogP contribution in [0.1, 0.15) is 15.9 Å². The first kappa shape index (κ1) is 10.6. The number of hydrogen-bond donors (Lipinski definition) is 1. The summed E-state index contributed by atoms with van der Waals surface area (Å²) in [7, 11) is 0. The average Bonchev–Trinajstić information content (AvgIpc) is 1.88. The van der Waals surface area contributed by atoms with Crippen molar-refractivity contribution in [2.24, 2.45) is 0 Å². The summed E-state index contributed by atoms with van der Waals surface area (Å²) in [5.74, 6) is -0.872. The molecular weight excluding hydrogens is 243 g/mol. The van der Waals surface area contributed by atoms with Gasteiger partial charge < -0.3 is 5.11 Å². The number of carbonyl (C=O) groups is 1. The zero-order valence-corrected chi connectivity index (χ0v) is 5.66. The first-order chi connectivity index (χ1) is 4.70. The molecule has 0 fully saturated rings. The predicted molar refractivity (Wildman–Crippen MR) is 48.1 cm³/mol. The Hall–Kier alpha value is -0.440. The number of hydrogen-bond acceptors (Lipinski definition) is 1. The second kappa shape index (κ2) is 4.44. The molecule has 0 radical (unpaired) electrons. The van der Waals surface area contributed by atoms with Gasteiger partial charge in [0, 0.05) is 0 Å². The monoisotopic (exact) mass is 254 g/mol. The Labute approximate surface area is 84.0 Å². The quantitative estimate of drug-likeness (QED) is 0.792. The van der Waals surface area contributed by atoms with Gasteiger partial charge in [-0.2, -0.15) is 0 Å². The van der Waals surface area contributed by atoms with Crippen molar-refractivity contribution in [3.05, 3.63) is 35.4 Å². The molecule has 0 spiro atoms. The van der Waals surface area contributed by atoms with Crippen molar-refractivity contribution in [1.82, 2.24) is 0 Å². The average molecular weight is 254 g/mol. The van der Waals surface area contributed by atoms with Crippen molar-refractivity contribution in [3.8, 4) is 0 Å². The molecular formula is C8H11InO2. The SMILES string of the molecule is Cc1cccc(C(=O)O)c1.[InH3]. The number of aryl methyl sites for hydroxylation is 1. The third-order valence-corrected chi connectivity index (χ3v) is 1.27. The van der Waals surface area contributed by atoms with E-state index in [0.29, 0.717) is 5.56 Å². The van der Waals surface area contributed by atoms with Gasteiger partial charge in [0.2, 0.25) is 0 Å². The molecule has 0 aliphatic carbocycles. The van der Waals surface area contributed by atoms with Crippen LogP contribution in [0, 0.1) is 6.92 Å². The van der Waals surface area contributed by atoms with Gasteiger partial charge in [-0.15, -0.1) is 0 Å². The molecule has 0 heterocycles. The first-order valence-electron chi connectivity index (χ1n) is 3.00. The van der Waals surface area contributed by atoms with Crippen molar-refractivity contribution >= 4 is 31.8 Å². The minimum absolute atomic E-state index is 0. The van der Waals surface area contributed by atoms with Gasteiger partial charge in [-0.25, -0.2) is 4.79 Å². The summed E-state index contributed by atoms with van der Waals surface area (Å²) in [5, 5.41) is 8.51. The molecule has 0 aliphatic rings. The zero-order valence-electron chi connectivity index (χ0n) is 5.66. The van der Waals surface area contributed by atoms with Crippen LogP contribution in [0.3, 0.4) is 0 Å². The molecule has 0 atom stereocenters. The Balaban J connectivity index is 0.000001000. The van der Waals surface area contributed by atoms with E-state index in [4.69, 9.17) is 5.11 Å². The summed E-state index contributed by atoms with van der Waals surface area (Å²) in [4.78, 5) is 10.4. The van der Waals surface area contributed by atoms with Crippen molar-refractivity contribution in [2.75, 3.05) is 0 Å². The van der Waals surface area contributed by atoms with E-state index in [2.05, 4.69) is 0 Å². The molecule has 3 heteroatoms. The molecule has 1 N–H and O–H groups in total. The van der Waals surface area contributed by atoms with Gasteiger partial charge in [0.05, 0.1) is 5.56 Å². The van der Waals surface area contributed by atoms with Crippen molar-refractivity contribution in [1.29, 1.82) is 0 Å². The number of benzene rings is 1. The standard InChI is InChI=1S/C8H8O2.In.3H/c1-6-3-2-4-7(5-6)8(9)10;;;;/h2-5H,1H3,(H,9,10);;;;. The van der Waals surface area contributed by atoms with E-state index in [9.17, 15) is 4.79 Å². The Morgan fingerprint density at radius 1 is 1.45 bits per heavy atom. The molecule has 58 valence electrons. The number of rotatable bonds is 1. The molecule has 11 heavy (non-hydrogen) atoms. The Bertz CT molecular complexity index is 258. The summed E-state index contributed by atoms with van der Waals surface area (Å²) < 4.78 is 0. The van der Waals surface area contributed by atoms with Crippen LogP contribution in [0.15, 0.2) is 24.3 Å². The van der Waals surface area contributed by atoms with Gasteiger partial charge in [0.25, 0.3) is 0 Å². The van der Waals surface area contributed by atoms with Crippen LogP contribution in [0.25, 0.3) is 0 Å². The van der Waals surface area contributed by atoms with E-state index in [1.54, 1.807) is 18.2 Å². The van der Waals surface area contributed by atoms with E-state index in [0.717, 1.165) is 5.56 Å². The van der Waals surface area contributed by atoms with Crippen LogP contribution < -0.4 is 0 Å². The maximum atomic E-state index is 10.4. The molecule has 1 aromatic carbocycles. The summed E-state index contributed by atoms with van der Waals surface area (Å²) >= 11 is 0. The summed E-state index contributed by atoms with van der Waals surface area (Å²) in [6.45, 7) is 1.87. The maximum absolute atomic E-state index is 10.4. The van der Waals surface area contributed by atoms with Gasteiger partial charge in [-0.1, -0.05) is 17.7 Å². The Morgan fingerprint density at radius 3 is 2.45 bits per heavy atom. The van der Waals surface area contributed by atoms with Gasteiger partial charge in [-0.3, -0.25) is 0 Å². The van der Waals surface area contributed by atoms with Gasteiger partial charge >= 0.3 is 31.8 Å². The van der Waals surface area contributed by atoms with Gasteiger partial charge in [0.1, 0.15) is 0 Å². The van der Waals surface area contributed by atoms with E-state index >= 15 is 0 Å². The van der Waals surface area contributed by atoms with Crippen LogP contribution in [-0.4, -0.2) is 36.9 Å². The molecule has 2 nitrogen and oxygen atoms in total. The molecule has 0 saturated heterocycles. The first-order valence-corrected chi connectivity index (χ1v) is 3.00. The normalized spacial score (nSPS) is 8.45. The number of carboxylic acid groups (broad SMARTS) is 1. The topological polar surface area (TPSA) is 37.3 Å². The number of carboxylic acids is 1. The van der Waals surface area contributed by atoms with Crippen LogP contribution in [0.5, 0.6) is 0 Å². The third kappa shape index (κ3) is 2.97. The zero-order chi connectivity index (χ0) is 7.56. The Morgan fingerprint density at radius 2 is 2.09 bits per heavy atom. The van der Waals surface area contributed by atoms with Gasteiger partial charge in [-0.05, 0) is 19.1 Å². The third-order valence-electron chi connectivity index (χ3n) is 1.27. The van der Waals surface area contributed by atoms with E-state index in [1.165, 1.54) is 0 Å². The molecule has 0 bridgehead atoms. The molecule has 1 aromatic rings. The van der Waals surface area contributed by atoms with Crippen LogP contribution in [0.4, 0.5) is 0 Å². The molecule has 0 amide bonds. The van der Waals surface area contributed by atoms with Gasteiger partial charge in [0.15, 0.2) is 0 Å². The fraction of sp³-hybridized carbons (Fsp3) is 0.125. The van der Waals surface area contributed by atoms with Crippen molar-refractivity contribution < 1.29 is 9.90 Å². The summed E-state index contributed by atoms with van der Waals surface area (Å²) in [6.07, 6.45) is 0. The van der Waals surface area contributed by atoms with Crippen LogP contribution in [0.2, 0.25) is 0 Å². The van der Waals surface area contributed by atoms with E-state index in [-0.39, 0.29) is 25.8 Å². The van der Waals surface area contributed by atoms with Crippen LogP contribution >= 0.6 is 0 Å². The summed E-state index contributed by atoms with van der Waals surface area (Å²) in [6, 6.07) is 6.82. The van der Waals surface area contributed by atoms with Crippen LogP contribution in [-0.2, 0) is 0 Å².